The van der Waals surface area contributed by atoms with Gasteiger partial charge in [0, 0.05) is 6.92 Å². The first kappa shape index (κ1) is 21.4. The van der Waals surface area contributed by atoms with E-state index in [4.69, 9.17) is 14.3 Å². The average molecular weight is 433 g/mol. The third-order valence-electron chi connectivity index (χ3n) is 5.10. The zero-order valence-electron chi connectivity index (χ0n) is 18.0. The Hall–Kier alpha value is -3.87. The molecule has 0 fully saturated rings. The first-order valence-corrected chi connectivity index (χ1v) is 10.4. The van der Waals surface area contributed by atoms with Crippen LogP contribution in [0.2, 0.25) is 0 Å². The number of carbonyl (C=O) groups excluding carboxylic acids is 1. The van der Waals surface area contributed by atoms with Crippen molar-refractivity contribution in [1.29, 1.82) is 0 Å². The Morgan fingerprint density at radius 2 is 1.81 bits per heavy atom. The fraction of sp³-hybridized carbons (Fsp3) is 0.200. The van der Waals surface area contributed by atoms with E-state index in [0.717, 1.165) is 11.3 Å². The molecule has 7 heteroatoms. The SMILES string of the molecule is CCc1nn(-c2ccc(F)cc2)c(Oc2ccccc2)c1CN(Cc1ccco1)C(C)=O. The third kappa shape index (κ3) is 4.72. The van der Waals surface area contributed by atoms with E-state index in [-0.39, 0.29) is 11.7 Å². The molecule has 0 spiro atoms. The van der Waals surface area contributed by atoms with Crippen LogP contribution in [0.25, 0.3) is 5.69 Å². The van der Waals surface area contributed by atoms with Gasteiger partial charge in [-0.15, -0.1) is 0 Å². The van der Waals surface area contributed by atoms with Gasteiger partial charge in [-0.05, 0) is 55.0 Å². The number of carbonyl (C=O) groups is 1. The second-order valence-electron chi connectivity index (χ2n) is 7.34. The minimum absolute atomic E-state index is 0.0938. The second kappa shape index (κ2) is 9.51. The van der Waals surface area contributed by atoms with E-state index in [2.05, 4.69) is 0 Å². The predicted molar refractivity (Wildman–Crippen MR) is 118 cm³/mol. The van der Waals surface area contributed by atoms with Gasteiger partial charge in [0.05, 0.1) is 36.3 Å². The van der Waals surface area contributed by atoms with Gasteiger partial charge in [0.2, 0.25) is 11.8 Å². The van der Waals surface area contributed by atoms with Crippen molar-refractivity contribution in [1.82, 2.24) is 14.7 Å². The van der Waals surface area contributed by atoms with Crippen molar-refractivity contribution in [3.8, 4) is 17.3 Å². The van der Waals surface area contributed by atoms with Crippen LogP contribution in [0, 0.1) is 5.82 Å². The molecule has 2 heterocycles. The number of hydrogen-bond donors (Lipinski definition) is 0. The summed E-state index contributed by atoms with van der Waals surface area (Å²) in [4.78, 5) is 14.1. The van der Waals surface area contributed by atoms with Crippen molar-refractivity contribution in [2.45, 2.75) is 33.4 Å². The van der Waals surface area contributed by atoms with E-state index in [1.54, 1.807) is 34.0 Å². The molecule has 0 unspecified atom stereocenters. The number of amides is 1. The van der Waals surface area contributed by atoms with E-state index in [9.17, 15) is 9.18 Å². The Morgan fingerprint density at radius 1 is 1.06 bits per heavy atom. The summed E-state index contributed by atoms with van der Waals surface area (Å²) >= 11 is 0. The Kier molecular flexibility index (Phi) is 6.35. The number of aromatic nitrogens is 2. The van der Waals surface area contributed by atoms with Crippen LogP contribution in [0.3, 0.4) is 0 Å². The molecule has 0 radical (unpaired) electrons. The van der Waals surface area contributed by atoms with Gasteiger partial charge in [-0.3, -0.25) is 4.79 Å². The standard InChI is InChI=1S/C25H24FN3O3/c1-3-24-23(17-28(18(2)30)16-22-10-7-15-31-22)25(32-21-8-5-4-6-9-21)29(27-24)20-13-11-19(26)12-14-20/h4-15H,3,16-17H2,1-2H3. The molecule has 0 N–H and O–H groups in total. The summed E-state index contributed by atoms with van der Waals surface area (Å²) in [6.07, 6.45) is 2.23. The molecule has 164 valence electrons. The molecule has 4 rings (SSSR count). The highest BCUT2D eigenvalue weighted by molar-refractivity contribution is 5.73. The van der Waals surface area contributed by atoms with Crippen LogP contribution < -0.4 is 4.74 Å². The summed E-state index contributed by atoms with van der Waals surface area (Å²) in [6.45, 7) is 4.15. The molecule has 2 aromatic carbocycles. The maximum atomic E-state index is 13.5. The Bertz CT molecular complexity index is 1170. The van der Waals surface area contributed by atoms with E-state index < -0.39 is 0 Å². The van der Waals surface area contributed by atoms with E-state index >= 15 is 0 Å². The summed E-state index contributed by atoms with van der Waals surface area (Å²) in [6, 6.07) is 19.1. The summed E-state index contributed by atoms with van der Waals surface area (Å²) in [5.74, 6) is 1.40. The maximum Gasteiger partial charge on any atom is 0.227 e. The van der Waals surface area contributed by atoms with Crippen LogP contribution in [0.15, 0.2) is 77.4 Å². The van der Waals surface area contributed by atoms with Gasteiger partial charge in [0.1, 0.15) is 17.3 Å². The van der Waals surface area contributed by atoms with E-state index in [0.29, 0.717) is 42.6 Å². The molecule has 0 saturated heterocycles. The van der Waals surface area contributed by atoms with Crippen LogP contribution in [0.1, 0.15) is 30.9 Å². The number of furan rings is 1. The van der Waals surface area contributed by atoms with Crippen molar-refractivity contribution in [3.05, 3.63) is 95.8 Å². The maximum absolute atomic E-state index is 13.5. The lowest BCUT2D eigenvalue weighted by molar-refractivity contribution is -0.130. The molecule has 32 heavy (non-hydrogen) atoms. The fourth-order valence-electron chi connectivity index (χ4n) is 3.44. The van der Waals surface area contributed by atoms with Crippen LogP contribution in [0.4, 0.5) is 4.39 Å². The van der Waals surface area contributed by atoms with E-state index in [1.165, 1.54) is 19.1 Å². The van der Waals surface area contributed by atoms with Gasteiger partial charge in [0.15, 0.2) is 0 Å². The van der Waals surface area contributed by atoms with Crippen molar-refractivity contribution < 1.29 is 18.3 Å². The van der Waals surface area contributed by atoms with Crippen LogP contribution >= 0.6 is 0 Å². The molecule has 0 atom stereocenters. The molecule has 6 nitrogen and oxygen atoms in total. The number of halogens is 1. The molecule has 0 aliphatic rings. The van der Waals surface area contributed by atoms with Crippen LogP contribution in [-0.4, -0.2) is 20.6 Å². The molecule has 4 aromatic rings. The molecular formula is C25H24FN3O3. The minimum atomic E-state index is -0.330. The van der Waals surface area contributed by atoms with E-state index in [1.807, 2.05) is 43.3 Å². The molecule has 0 bridgehead atoms. The van der Waals surface area contributed by atoms with Gasteiger partial charge >= 0.3 is 0 Å². The largest absolute Gasteiger partial charge is 0.467 e. The quantitative estimate of drug-likeness (QED) is 0.368. The van der Waals surface area contributed by atoms with Crippen LogP contribution in [-0.2, 0) is 24.3 Å². The summed E-state index contributed by atoms with van der Waals surface area (Å²) < 4.78 is 26.9. The lowest BCUT2D eigenvalue weighted by Crippen LogP contribution is -2.28. The highest BCUT2D eigenvalue weighted by Crippen LogP contribution is 2.32. The molecule has 1 amide bonds. The van der Waals surface area contributed by atoms with Gasteiger partial charge in [0.25, 0.3) is 0 Å². The fourth-order valence-corrected chi connectivity index (χ4v) is 3.44. The lowest BCUT2D eigenvalue weighted by Gasteiger charge is -2.21. The highest BCUT2D eigenvalue weighted by atomic mass is 19.1. The second-order valence-corrected chi connectivity index (χ2v) is 7.34. The number of ether oxygens (including phenoxy) is 1. The lowest BCUT2D eigenvalue weighted by atomic mass is 10.1. The molecule has 0 saturated carbocycles. The third-order valence-corrected chi connectivity index (χ3v) is 5.10. The predicted octanol–water partition coefficient (Wildman–Crippen LogP) is 5.51. The number of para-hydroxylation sites is 1. The molecule has 2 aromatic heterocycles. The van der Waals surface area contributed by atoms with Crippen LogP contribution in [0.5, 0.6) is 11.6 Å². The molecule has 0 aliphatic carbocycles. The number of aryl methyl sites for hydroxylation is 1. The summed E-state index contributed by atoms with van der Waals surface area (Å²) in [5.41, 5.74) is 2.26. The van der Waals surface area contributed by atoms with Crippen molar-refractivity contribution in [2.24, 2.45) is 0 Å². The number of hydrogen-bond acceptors (Lipinski definition) is 4. The highest BCUT2D eigenvalue weighted by Gasteiger charge is 2.24. The molecule has 0 aliphatic heterocycles. The normalized spacial score (nSPS) is 10.8. The topological polar surface area (TPSA) is 60.5 Å². The van der Waals surface area contributed by atoms with Gasteiger partial charge in [-0.1, -0.05) is 25.1 Å². The summed E-state index contributed by atoms with van der Waals surface area (Å²) in [5, 5.41) is 4.74. The monoisotopic (exact) mass is 433 g/mol. The van der Waals surface area contributed by atoms with Gasteiger partial charge in [-0.2, -0.15) is 5.10 Å². The number of nitrogens with zero attached hydrogens (tertiary/aromatic N) is 3. The van der Waals surface area contributed by atoms with Crippen molar-refractivity contribution in [3.63, 3.8) is 0 Å². The van der Waals surface area contributed by atoms with Crippen molar-refractivity contribution >= 4 is 5.91 Å². The number of benzene rings is 2. The Morgan fingerprint density at radius 3 is 2.44 bits per heavy atom. The zero-order valence-corrected chi connectivity index (χ0v) is 18.0. The summed E-state index contributed by atoms with van der Waals surface area (Å²) in [7, 11) is 0. The first-order chi connectivity index (χ1) is 15.5. The average Bonchev–Trinajstić information content (AvgIpc) is 3.43. The Labute approximate surface area is 185 Å². The van der Waals surface area contributed by atoms with Gasteiger partial charge in [-0.25, -0.2) is 9.07 Å². The van der Waals surface area contributed by atoms with Crippen molar-refractivity contribution in [2.75, 3.05) is 0 Å². The minimum Gasteiger partial charge on any atom is -0.467 e. The first-order valence-electron chi connectivity index (χ1n) is 10.4. The molecular weight excluding hydrogens is 409 g/mol. The zero-order chi connectivity index (χ0) is 22.5. The van der Waals surface area contributed by atoms with Gasteiger partial charge < -0.3 is 14.1 Å². The smallest absolute Gasteiger partial charge is 0.227 e. The Balaban J connectivity index is 1.78. The number of rotatable bonds is 8.